The Morgan fingerprint density at radius 2 is 1.70 bits per heavy atom. The van der Waals surface area contributed by atoms with Gasteiger partial charge in [-0.3, -0.25) is 9.59 Å². The molecule has 1 spiro atoms. The van der Waals surface area contributed by atoms with Crippen molar-refractivity contribution in [2.45, 2.75) is 18.9 Å². The van der Waals surface area contributed by atoms with E-state index < -0.39 is 5.41 Å². The third-order valence-electron chi connectivity index (χ3n) is 6.36. The van der Waals surface area contributed by atoms with Crippen LogP contribution in [0.5, 0.6) is 0 Å². The summed E-state index contributed by atoms with van der Waals surface area (Å²) in [6.45, 7) is 1.18. The number of hydrogen-bond donors (Lipinski definition) is 0. The number of likely N-dealkylation sites (tertiary alicyclic amines) is 1. The number of carbonyl (C=O) groups is 2. The van der Waals surface area contributed by atoms with Gasteiger partial charge in [-0.05, 0) is 54.1 Å². The molecule has 0 aliphatic carbocycles. The number of anilines is 1. The van der Waals surface area contributed by atoms with Gasteiger partial charge >= 0.3 is 0 Å². The second-order valence-corrected chi connectivity index (χ2v) is 9.14. The van der Waals surface area contributed by atoms with Crippen molar-refractivity contribution in [3.05, 3.63) is 87.6 Å². The molecule has 2 aliphatic rings. The fourth-order valence-electron chi connectivity index (χ4n) is 4.79. The van der Waals surface area contributed by atoms with Gasteiger partial charge in [0.25, 0.3) is 5.91 Å². The van der Waals surface area contributed by atoms with Gasteiger partial charge in [-0.2, -0.15) is 11.3 Å². The van der Waals surface area contributed by atoms with Crippen molar-refractivity contribution < 1.29 is 9.59 Å². The molecule has 2 aliphatic heterocycles. The van der Waals surface area contributed by atoms with Crippen molar-refractivity contribution in [1.29, 1.82) is 0 Å². The van der Waals surface area contributed by atoms with Gasteiger partial charge in [0.2, 0.25) is 5.91 Å². The summed E-state index contributed by atoms with van der Waals surface area (Å²) in [7, 11) is 0. The first-order chi connectivity index (χ1) is 14.6. The molecule has 152 valence electrons. The lowest BCUT2D eigenvalue weighted by molar-refractivity contribution is -0.144. The number of rotatable bonds is 3. The van der Waals surface area contributed by atoms with Gasteiger partial charge in [-0.15, -0.1) is 0 Å². The topological polar surface area (TPSA) is 40.6 Å². The molecule has 30 heavy (non-hydrogen) atoms. The Morgan fingerprint density at radius 1 is 1.00 bits per heavy atom. The summed E-state index contributed by atoms with van der Waals surface area (Å²) in [6, 6.07) is 19.4. The number of thiophene rings is 1. The van der Waals surface area contributed by atoms with E-state index in [1.54, 1.807) is 0 Å². The van der Waals surface area contributed by atoms with Gasteiger partial charge in [-0.1, -0.05) is 41.9 Å². The largest absolute Gasteiger partial charge is 0.339 e. The monoisotopic (exact) mass is 436 g/mol. The van der Waals surface area contributed by atoms with Crippen LogP contribution in [0.4, 0.5) is 5.69 Å². The molecule has 3 aromatic rings. The van der Waals surface area contributed by atoms with Crippen molar-refractivity contribution in [3.63, 3.8) is 0 Å². The molecule has 1 unspecified atom stereocenters. The Labute approximate surface area is 184 Å². The summed E-state index contributed by atoms with van der Waals surface area (Å²) in [5, 5.41) is 4.48. The van der Waals surface area contributed by atoms with Crippen LogP contribution in [0, 0.1) is 5.41 Å². The molecule has 2 amide bonds. The lowest BCUT2D eigenvalue weighted by Gasteiger charge is -2.59. The Kier molecular flexibility index (Phi) is 4.88. The minimum absolute atomic E-state index is 0.0527. The number of amides is 2. The van der Waals surface area contributed by atoms with E-state index >= 15 is 0 Å². The first-order valence-electron chi connectivity index (χ1n) is 10.1. The van der Waals surface area contributed by atoms with E-state index in [9.17, 15) is 9.59 Å². The van der Waals surface area contributed by atoms with E-state index in [-0.39, 0.29) is 17.9 Å². The molecule has 0 bridgehead atoms. The zero-order valence-electron chi connectivity index (χ0n) is 16.3. The van der Waals surface area contributed by atoms with Crippen LogP contribution in [-0.4, -0.2) is 29.8 Å². The molecule has 2 saturated heterocycles. The second kappa shape index (κ2) is 7.56. The lowest BCUT2D eigenvalue weighted by Crippen LogP contribution is -2.67. The predicted molar refractivity (Wildman–Crippen MR) is 120 cm³/mol. The highest BCUT2D eigenvalue weighted by molar-refractivity contribution is 7.08. The molecule has 3 heterocycles. The average Bonchev–Trinajstić information content (AvgIpc) is 3.33. The van der Waals surface area contributed by atoms with Crippen LogP contribution in [0.15, 0.2) is 71.4 Å². The summed E-state index contributed by atoms with van der Waals surface area (Å²) >= 11 is 7.64. The van der Waals surface area contributed by atoms with Crippen LogP contribution in [-0.2, 0) is 4.79 Å². The summed E-state index contributed by atoms with van der Waals surface area (Å²) in [5.41, 5.74) is 2.25. The minimum atomic E-state index is -0.477. The number of carbonyl (C=O) groups excluding carboxylic acids is 2. The highest BCUT2D eigenvalue weighted by Gasteiger charge is 2.62. The van der Waals surface area contributed by atoms with Crippen LogP contribution in [0.3, 0.4) is 0 Å². The average molecular weight is 437 g/mol. The van der Waals surface area contributed by atoms with Gasteiger partial charge in [0.1, 0.15) is 0 Å². The minimum Gasteiger partial charge on any atom is -0.339 e. The molecule has 6 heteroatoms. The Hall–Kier alpha value is -2.63. The molecule has 1 atom stereocenters. The summed E-state index contributed by atoms with van der Waals surface area (Å²) in [5.74, 6) is 0.206. The maximum absolute atomic E-state index is 13.5. The van der Waals surface area contributed by atoms with E-state index in [0.717, 1.165) is 16.8 Å². The summed E-state index contributed by atoms with van der Waals surface area (Å²) in [6.07, 6.45) is 1.33. The lowest BCUT2D eigenvalue weighted by atomic mass is 9.62. The third-order valence-corrected chi connectivity index (χ3v) is 7.29. The van der Waals surface area contributed by atoms with Crippen LogP contribution in [0.25, 0.3) is 0 Å². The second-order valence-electron chi connectivity index (χ2n) is 7.93. The third kappa shape index (κ3) is 3.04. The quantitative estimate of drug-likeness (QED) is 0.515. The van der Waals surface area contributed by atoms with E-state index in [2.05, 4.69) is 0 Å². The Morgan fingerprint density at radius 3 is 2.33 bits per heavy atom. The van der Waals surface area contributed by atoms with Gasteiger partial charge < -0.3 is 9.80 Å². The molecule has 1 aromatic heterocycles. The van der Waals surface area contributed by atoms with Crippen LogP contribution >= 0.6 is 22.9 Å². The molecule has 2 fully saturated rings. The van der Waals surface area contributed by atoms with Crippen LogP contribution in [0.2, 0.25) is 5.02 Å². The first-order valence-corrected chi connectivity index (χ1v) is 11.4. The number of hydrogen-bond acceptors (Lipinski definition) is 3. The molecular formula is C24H21ClN2O2S. The number of nitrogens with zero attached hydrogens (tertiary/aromatic N) is 2. The Bertz CT molecular complexity index is 1060. The van der Waals surface area contributed by atoms with Crippen molar-refractivity contribution in [2.75, 3.05) is 18.0 Å². The van der Waals surface area contributed by atoms with Crippen molar-refractivity contribution in [2.24, 2.45) is 5.41 Å². The smallest absolute Gasteiger partial charge is 0.254 e. The van der Waals surface area contributed by atoms with Crippen LogP contribution < -0.4 is 4.90 Å². The zero-order chi connectivity index (χ0) is 20.7. The molecule has 0 saturated carbocycles. The molecule has 0 N–H and O–H groups in total. The van der Waals surface area contributed by atoms with Crippen molar-refractivity contribution >= 4 is 40.4 Å². The van der Waals surface area contributed by atoms with Gasteiger partial charge in [-0.25, -0.2) is 0 Å². The fourth-order valence-corrected chi connectivity index (χ4v) is 5.54. The van der Waals surface area contributed by atoms with Crippen molar-refractivity contribution in [3.8, 4) is 0 Å². The standard InChI is InChI=1S/C24H21ClN2O2S/c25-19-8-6-17(7-9-19)21-24(23(29)27(21)20-4-2-1-3-5-20)11-13-26(14-12-24)22(28)18-10-15-30-16-18/h1-10,15-16,21H,11-14H2. The highest BCUT2D eigenvalue weighted by Crippen LogP contribution is 2.57. The van der Waals surface area contributed by atoms with Gasteiger partial charge in [0.15, 0.2) is 0 Å². The van der Waals surface area contributed by atoms with Gasteiger partial charge in [0.05, 0.1) is 17.0 Å². The number of benzene rings is 2. The zero-order valence-corrected chi connectivity index (χ0v) is 17.9. The van der Waals surface area contributed by atoms with Crippen molar-refractivity contribution in [1.82, 2.24) is 4.90 Å². The maximum Gasteiger partial charge on any atom is 0.254 e. The maximum atomic E-state index is 13.5. The molecule has 4 nitrogen and oxygen atoms in total. The molecule has 5 rings (SSSR count). The van der Waals surface area contributed by atoms with E-state index in [0.29, 0.717) is 31.0 Å². The normalized spacial score (nSPS) is 20.3. The molecular weight excluding hydrogens is 416 g/mol. The van der Waals surface area contributed by atoms with Gasteiger partial charge in [0, 0.05) is 29.2 Å². The van der Waals surface area contributed by atoms with E-state index in [1.807, 2.05) is 81.2 Å². The summed E-state index contributed by atoms with van der Waals surface area (Å²) in [4.78, 5) is 30.0. The SMILES string of the molecule is O=C(c1ccsc1)N1CCC2(CC1)C(=O)N(c1ccccc1)C2c1ccc(Cl)cc1. The predicted octanol–water partition coefficient (Wildman–Crippen LogP) is 5.41. The van der Waals surface area contributed by atoms with E-state index in [4.69, 9.17) is 11.6 Å². The number of para-hydroxylation sites is 1. The van der Waals surface area contributed by atoms with E-state index in [1.165, 1.54) is 11.3 Å². The number of β-lactam (4-membered cyclic amide) rings is 1. The fraction of sp³-hybridized carbons (Fsp3) is 0.250. The number of halogens is 1. The number of piperidine rings is 1. The summed E-state index contributed by atoms with van der Waals surface area (Å²) < 4.78 is 0. The molecule has 2 aromatic carbocycles. The Balaban J connectivity index is 1.44. The first kappa shape index (κ1) is 19.3. The van der Waals surface area contributed by atoms with Crippen LogP contribution in [0.1, 0.15) is 34.8 Å². The molecule has 0 radical (unpaired) electrons. The highest BCUT2D eigenvalue weighted by atomic mass is 35.5.